The summed E-state index contributed by atoms with van der Waals surface area (Å²) in [4.78, 5) is 18.3. The Labute approximate surface area is 137 Å². The van der Waals surface area contributed by atoms with Gasteiger partial charge in [0.15, 0.2) is 0 Å². The molecule has 21 heavy (non-hydrogen) atoms. The summed E-state index contributed by atoms with van der Waals surface area (Å²) in [7, 11) is 0. The van der Waals surface area contributed by atoms with Gasteiger partial charge in [0.05, 0.1) is 6.33 Å². The SMILES string of the molecule is Cl.Cl.O=C(C1C=CCN1)N1CCC(Cn2ccnc2)CC1. The first-order valence-corrected chi connectivity index (χ1v) is 6.97. The first-order valence-electron chi connectivity index (χ1n) is 6.97. The van der Waals surface area contributed by atoms with E-state index in [0.717, 1.165) is 39.0 Å². The monoisotopic (exact) mass is 332 g/mol. The maximum absolute atomic E-state index is 12.2. The molecule has 1 aromatic rings. The Morgan fingerprint density at radius 1 is 1.29 bits per heavy atom. The van der Waals surface area contributed by atoms with Crippen molar-refractivity contribution >= 4 is 30.7 Å². The third kappa shape index (κ3) is 4.46. The van der Waals surface area contributed by atoms with Crippen LogP contribution in [0.2, 0.25) is 0 Å². The average molecular weight is 333 g/mol. The number of rotatable bonds is 3. The highest BCUT2D eigenvalue weighted by atomic mass is 35.5. The minimum absolute atomic E-state index is 0. The molecular formula is C14H22Cl2N4O. The second-order valence-electron chi connectivity index (χ2n) is 5.34. The molecule has 118 valence electrons. The van der Waals surface area contributed by atoms with Crippen molar-refractivity contribution in [1.29, 1.82) is 0 Å². The van der Waals surface area contributed by atoms with E-state index in [-0.39, 0.29) is 36.8 Å². The molecule has 5 nitrogen and oxygen atoms in total. The molecule has 0 aromatic carbocycles. The number of piperidine rings is 1. The van der Waals surface area contributed by atoms with E-state index >= 15 is 0 Å². The molecule has 0 spiro atoms. The summed E-state index contributed by atoms with van der Waals surface area (Å²) in [5.41, 5.74) is 0. The lowest BCUT2D eigenvalue weighted by Crippen LogP contribution is -2.47. The Balaban J connectivity index is 0.00000110. The maximum atomic E-state index is 12.2. The highest BCUT2D eigenvalue weighted by Gasteiger charge is 2.27. The number of imidazole rings is 1. The molecule has 0 aliphatic carbocycles. The predicted octanol–water partition coefficient (Wildman–Crippen LogP) is 1.49. The molecule has 3 heterocycles. The Bertz CT molecular complexity index is 456. The minimum atomic E-state index is -0.0924. The number of carbonyl (C=O) groups excluding carboxylic acids is 1. The zero-order valence-electron chi connectivity index (χ0n) is 11.9. The molecule has 7 heteroatoms. The molecule has 1 amide bonds. The number of nitrogens with zero attached hydrogens (tertiary/aromatic N) is 3. The fourth-order valence-electron chi connectivity index (χ4n) is 2.86. The van der Waals surface area contributed by atoms with Gasteiger partial charge in [-0.05, 0) is 18.8 Å². The number of amides is 1. The fraction of sp³-hybridized carbons (Fsp3) is 0.571. The lowest BCUT2D eigenvalue weighted by Gasteiger charge is -2.33. The molecule has 1 atom stereocenters. The molecule has 3 rings (SSSR count). The molecule has 2 aliphatic rings. The van der Waals surface area contributed by atoms with Crippen molar-refractivity contribution in [3.63, 3.8) is 0 Å². The number of hydrogen-bond donors (Lipinski definition) is 1. The van der Waals surface area contributed by atoms with Gasteiger partial charge in [-0.25, -0.2) is 4.98 Å². The Morgan fingerprint density at radius 2 is 2.05 bits per heavy atom. The van der Waals surface area contributed by atoms with Crippen molar-refractivity contribution in [2.24, 2.45) is 5.92 Å². The molecule has 1 unspecified atom stereocenters. The zero-order chi connectivity index (χ0) is 13.1. The van der Waals surface area contributed by atoms with Crippen LogP contribution < -0.4 is 5.32 Å². The van der Waals surface area contributed by atoms with Gasteiger partial charge in [-0.3, -0.25) is 10.1 Å². The van der Waals surface area contributed by atoms with E-state index in [1.54, 1.807) is 0 Å². The summed E-state index contributed by atoms with van der Waals surface area (Å²) in [6.45, 7) is 3.59. The van der Waals surface area contributed by atoms with E-state index in [1.807, 2.05) is 35.8 Å². The van der Waals surface area contributed by atoms with Crippen LogP contribution in [0.25, 0.3) is 0 Å². The van der Waals surface area contributed by atoms with Crippen LogP contribution in [-0.4, -0.2) is 46.0 Å². The van der Waals surface area contributed by atoms with Crippen LogP contribution in [0.4, 0.5) is 0 Å². The van der Waals surface area contributed by atoms with Gasteiger partial charge in [0.2, 0.25) is 5.91 Å². The molecular weight excluding hydrogens is 311 g/mol. The number of nitrogens with one attached hydrogen (secondary N) is 1. The van der Waals surface area contributed by atoms with Gasteiger partial charge < -0.3 is 9.47 Å². The molecule has 1 saturated heterocycles. The number of halogens is 2. The van der Waals surface area contributed by atoms with Gasteiger partial charge in [0.1, 0.15) is 6.04 Å². The van der Waals surface area contributed by atoms with E-state index in [9.17, 15) is 4.79 Å². The van der Waals surface area contributed by atoms with Crippen molar-refractivity contribution in [3.05, 3.63) is 30.9 Å². The van der Waals surface area contributed by atoms with Gasteiger partial charge in [-0.1, -0.05) is 12.2 Å². The number of hydrogen-bond acceptors (Lipinski definition) is 3. The van der Waals surface area contributed by atoms with Crippen molar-refractivity contribution in [1.82, 2.24) is 19.8 Å². The summed E-state index contributed by atoms with van der Waals surface area (Å²) >= 11 is 0. The van der Waals surface area contributed by atoms with Crippen molar-refractivity contribution in [2.75, 3.05) is 19.6 Å². The fourth-order valence-corrected chi connectivity index (χ4v) is 2.86. The summed E-state index contributed by atoms with van der Waals surface area (Å²) < 4.78 is 2.13. The molecule has 1 aromatic heterocycles. The minimum Gasteiger partial charge on any atom is -0.341 e. The van der Waals surface area contributed by atoms with Crippen molar-refractivity contribution in [3.8, 4) is 0 Å². The summed E-state index contributed by atoms with van der Waals surface area (Å²) in [5.74, 6) is 0.889. The number of aromatic nitrogens is 2. The zero-order valence-corrected chi connectivity index (χ0v) is 13.5. The quantitative estimate of drug-likeness (QED) is 0.853. The lowest BCUT2D eigenvalue weighted by molar-refractivity contribution is -0.133. The summed E-state index contributed by atoms with van der Waals surface area (Å²) in [6, 6.07) is -0.0924. The molecule has 0 radical (unpaired) electrons. The molecule has 1 fully saturated rings. The van der Waals surface area contributed by atoms with Crippen molar-refractivity contribution < 1.29 is 4.79 Å². The van der Waals surface area contributed by atoms with E-state index in [2.05, 4.69) is 14.9 Å². The third-order valence-corrected chi connectivity index (χ3v) is 4.00. The van der Waals surface area contributed by atoms with Gasteiger partial charge in [-0.15, -0.1) is 24.8 Å². The number of likely N-dealkylation sites (tertiary alicyclic amines) is 1. The predicted molar refractivity (Wildman–Crippen MR) is 87.0 cm³/mol. The smallest absolute Gasteiger partial charge is 0.243 e. The first-order chi connectivity index (χ1) is 9.33. The largest absolute Gasteiger partial charge is 0.341 e. The highest BCUT2D eigenvalue weighted by Crippen LogP contribution is 2.20. The molecule has 0 saturated carbocycles. The van der Waals surface area contributed by atoms with Gasteiger partial charge in [0.25, 0.3) is 0 Å². The van der Waals surface area contributed by atoms with Crippen LogP contribution in [-0.2, 0) is 11.3 Å². The van der Waals surface area contributed by atoms with Gasteiger partial charge in [-0.2, -0.15) is 0 Å². The molecule has 2 aliphatic heterocycles. The van der Waals surface area contributed by atoms with Crippen LogP contribution in [0.1, 0.15) is 12.8 Å². The van der Waals surface area contributed by atoms with Gasteiger partial charge in [0, 0.05) is 38.6 Å². The Hall–Kier alpha value is -1.04. The van der Waals surface area contributed by atoms with Crippen LogP contribution in [0.3, 0.4) is 0 Å². The summed E-state index contributed by atoms with van der Waals surface area (Å²) in [5, 5.41) is 3.19. The lowest BCUT2D eigenvalue weighted by atomic mass is 9.96. The highest BCUT2D eigenvalue weighted by molar-refractivity contribution is 5.85. The topological polar surface area (TPSA) is 50.2 Å². The van der Waals surface area contributed by atoms with Crippen LogP contribution in [0, 0.1) is 5.92 Å². The van der Waals surface area contributed by atoms with Crippen LogP contribution in [0.15, 0.2) is 30.9 Å². The van der Waals surface area contributed by atoms with E-state index in [1.165, 1.54) is 0 Å². The molecule has 0 bridgehead atoms. The third-order valence-electron chi connectivity index (χ3n) is 4.00. The van der Waals surface area contributed by atoms with E-state index < -0.39 is 0 Å². The van der Waals surface area contributed by atoms with Gasteiger partial charge >= 0.3 is 0 Å². The standard InChI is InChI=1S/C14H20N4O.2ClH/c19-14(13-2-1-5-16-13)18-7-3-12(4-8-18)10-17-9-6-15-11-17;;/h1-2,6,9,11-13,16H,3-5,7-8,10H2;2*1H. The second kappa shape index (κ2) is 8.41. The van der Waals surface area contributed by atoms with Crippen LogP contribution in [0.5, 0.6) is 0 Å². The van der Waals surface area contributed by atoms with Crippen molar-refractivity contribution in [2.45, 2.75) is 25.4 Å². The van der Waals surface area contributed by atoms with Crippen LogP contribution >= 0.6 is 24.8 Å². The Kier molecular flexibility index (Phi) is 7.22. The Morgan fingerprint density at radius 3 is 2.62 bits per heavy atom. The summed E-state index contributed by atoms with van der Waals surface area (Å²) in [6.07, 6.45) is 11.8. The second-order valence-corrected chi connectivity index (χ2v) is 5.34. The number of carbonyl (C=O) groups is 1. The normalized spacial score (nSPS) is 21.7. The first kappa shape index (κ1) is 18.0. The van der Waals surface area contributed by atoms with E-state index in [0.29, 0.717) is 5.92 Å². The van der Waals surface area contributed by atoms with E-state index in [4.69, 9.17) is 0 Å². The maximum Gasteiger partial charge on any atom is 0.243 e. The average Bonchev–Trinajstić information content (AvgIpc) is 3.12. The molecule has 1 N–H and O–H groups in total.